The van der Waals surface area contributed by atoms with Gasteiger partial charge in [0, 0.05) is 19.2 Å². The Morgan fingerprint density at radius 1 is 1.32 bits per heavy atom. The molecule has 2 heterocycles. The van der Waals surface area contributed by atoms with Crippen LogP contribution in [0.4, 0.5) is 0 Å². The van der Waals surface area contributed by atoms with Crippen LogP contribution in [0.15, 0.2) is 30.3 Å². The maximum absolute atomic E-state index is 12.1. The summed E-state index contributed by atoms with van der Waals surface area (Å²) < 4.78 is 11.7. The molecule has 1 aliphatic heterocycles. The van der Waals surface area contributed by atoms with Crippen LogP contribution in [0.3, 0.4) is 0 Å². The molecule has 1 saturated heterocycles. The zero-order valence-electron chi connectivity index (χ0n) is 14.2. The number of fused-ring (bicyclic) bond motifs is 1. The number of benzene rings is 1. The van der Waals surface area contributed by atoms with Crippen LogP contribution >= 0.6 is 11.3 Å². The summed E-state index contributed by atoms with van der Waals surface area (Å²) in [6.07, 6.45) is 2.89. The van der Waals surface area contributed by atoms with E-state index in [-0.39, 0.29) is 24.7 Å². The highest BCUT2D eigenvalue weighted by atomic mass is 32.1. The first-order chi connectivity index (χ1) is 12.0. The van der Waals surface area contributed by atoms with E-state index < -0.39 is 5.97 Å². The number of para-hydroxylation sites is 1. The van der Waals surface area contributed by atoms with Crippen LogP contribution in [0, 0.1) is 0 Å². The molecule has 2 aromatic rings. The summed E-state index contributed by atoms with van der Waals surface area (Å²) in [7, 11) is 0. The number of carbonyl (C=O) groups is 2. The van der Waals surface area contributed by atoms with E-state index in [1.807, 2.05) is 38.1 Å². The minimum atomic E-state index is -0.554. The maximum Gasteiger partial charge on any atom is 0.331 e. The lowest BCUT2D eigenvalue weighted by molar-refractivity contribution is -0.154. The Balaban J connectivity index is 1.51. The molecule has 0 aliphatic carbocycles. The van der Waals surface area contributed by atoms with Gasteiger partial charge in [0.05, 0.1) is 22.4 Å². The van der Waals surface area contributed by atoms with Crippen molar-refractivity contribution in [3.63, 3.8) is 0 Å². The lowest BCUT2D eigenvalue weighted by Crippen LogP contribution is -2.49. The largest absolute Gasteiger partial charge is 0.452 e. The molecule has 0 unspecified atom stereocenters. The van der Waals surface area contributed by atoms with Crippen molar-refractivity contribution in [3.8, 4) is 0 Å². The van der Waals surface area contributed by atoms with Gasteiger partial charge in [0.15, 0.2) is 6.61 Å². The van der Waals surface area contributed by atoms with Crippen LogP contribution in [-0.4, -0.2) is 53.7 Å². The monoisotopic (exact) mass is 360 g/mol. The van der Waals surface area contributed by atoms with E-state index in [9.17, 15) is 9.59 Å². The summed E-state index contributed by atoms with van der Waals surface area (Å²) in [5.74, 6) is -0.759. The van der Waals surface area contributed by atoms with E-state index >= 15 is 0 Å². The molecule has 0 N–H and O–H groups in total. The van der Waals surface area contributed by atoms with Crippen molar-refractivity contribution in [3.05, 3.63) is 35.3 Å². The molecule has 25 heavy (non-hydrogen) atoms. The number of thiazole rings is 1. The summed E-state index contributed by atoms with van der Waals surface area (Å²) in [4.78, 5) is 30.0. The van der Waals surface area contributed by atoms with Gasteiger partial charge >= 0.3 is 5.97 Å². The fraction of sp³-hybridized carbons (Fsp3) is 0.389. The Morgan fingerprint density at radius 2 is 2.04 bits per heavy atom. The average molecular weight is 360 g/mol. The first-order valence-corrected chi connectivity index (χ1v) is 8.96. The molecular formula is C18H20N2O4S. The summed E-state index contributed by atoms with van der Waals surface area (Å²) >= 11 is 1.49. The smallest absolute Gasteiger partial charge is 0.331 e. The van der Waals surface area contributed by atoms with Crippen LogP contribution in [-0.2, 0) is 19.1 Å². The van der Waals surface area contributed by atoms with Crippen LogP contribution in [0.25, 0.3) is 16.3 Å². The highest BCUT2D eigenvalue weighted by Gasteiger charge is 2.26. The molecule has 0 spiro atoms. The summed E-state index contributed by atoms with van der Waals surface area (Å²) in [6.45, 7) is 4.61. The summed E-state index contributed by atoms with van der Waals surface area (Å²) in [6, 6.07) is 7.76. The maximum atomic E-state index is 12.1. The third kappa shape index (κ3) is 4.64. The van der Waals surface area contributed by atoms with Gasteiger partial charge in [-0.2, -0.15) is 0 Å². The quantitative estimate of drug-likeness (QED) is 0.619. The molecule has 1 aliphatic rings. The van der Waals surface area contributed by atoms with E-state index in [1.165, 1.54) is 17.4 Å². The molecule has 1 aromatic carbocycles. The predicted molar refractivity (Wildman–Crippen MR) is 96.2 cm³/mol. The topological polar surface area (TPSA) is 68.7 Å². The van der Waals surface area contributed by atoms with Gasteiger partial charge in [0.1, 0.15) is 5.01 Å². The lowest BCUT2D eigenvalue weighted by Gasteiger charge is -2.35. The van der Waals surface area contributed by atoms with Crippen molar-refractivity contribution in [2.75, 3.05) is 19.7 Å². The van der Waals surface area contributed by atoms with Crippen molar-refractivity contribution in [2.45, 2.75) is 26.1 Å². The zero-order chi connectivity index (χ0) is 17.8. The van der Waals surface area contributed by atoms with Gasteiger partial charge in [-0.05, 0) is 32.1 Å². The van der Waals surface area contributed by atoms with Crippen molar-refractivity contribution in [1.82, 2.24) is 9.88 Å². The first kappa shape index (κ1) is 17.6. The minimum absolute atomic E-state index is 0.0117. The van der Waals surface area contributed by atoms with Crippen molar-refractivity contribution in [1.29, 1.82) is 0 Å². The molecular weight excluding hydrogens is 340 g/mol. The van der Waals surface area contributed by atoms with E-state index in [1.54, 1.807) is 11.0 Å². The fourth-order valence-corrected chi connectivity index (χ4v) is 3.62. The van der Waals surface area contributed by atoms with Gasteiger partial charge < -0.3 is 14.4 Å². The van der Waals surface area contributed by atoms with E-state index in [2.05, 4.69) is 4.98 Å². The molecule has 0 radical (unpaired) electrons. The second-order valence-electron chi connectivity index (χ2n) is 6.02. The minimum Gasteiger partial charge on any atom is -0.452 e. The third-order valence-corrected chi connectivity index (χ3v) is 4.78. The molecule has 1 amide bonds. The number of carbonyl (C=O) groups excluding carboxylic acids is 2. The molecule has 132 valence electrons. The predicted octanol–water partition coefficient (Wildman–Crippen LogP) is 2.49. The number of nitrogens with zero attached hydrogens (tertiary/aromatic N) is 2. The second kappa shape index (κ2) is 7.76. The number of esters is 1. The summed E-state index contributed by atoms with van der Waals surface area (Å²) in [5, 5.41) is 0.723. The van der Waals surface area contributed by atoms with E-state index in [0.29, 0.717) is 13.1 Å². The van der Waals surface area contributed by atoms with Crippen LogP contribution in [0.2, 0.25) is 0 Å². The zero-order valence-corrected chi connectivity index (χ0v) is 15.0. The van der Waals surface area contributed by atoms with E-state index in [0.717, 1.165) is 15.2 Å². The Labute approximate surface area is 150 Å². The standard InChI is InChI=1S/C18H20N2O4S/c1-12-9-20(10-13(2)24-12)17(21)11-23-18(22)8-7-16-19-14-5-3-4-6-15(14)25-16/h3-8,12-13H,9-11H2,1-2H3/b8-7+/t12-,13+. The highest BCUT2D eigenvalue weighted by molar-refractivity contribution is 7.19. The van der Waals surface area contributed by atoms with Gasteiger partial charge in [0.25, 0.3) is 5.91 Å². The Hall–Kier alpha value is -2.25. The Bertz CT molecular complexity index is 758. The molecule has 0 saturated carbocycles. The highest BCUT2D eigenvalue weighted by Crippen LogP contribution is 2.22. The normalized spacial score (nSPS) is 21.0. The Morgan fingerprint density at radius 3 is 2.76 bits per heavy atom. The van der Waals surface area contributed by atoms with Crippen LogP contribution in [0.5, 0.6) is 0 Å². The van der Waals surface area contributed by atoms with Crippen molar-refractivity contribution < 1.29 is 19.1 Å². The molecule has 7 heteroatoms. The van der Waals surface area contributed by atoms with Gasteiger partial charge in [0.2, 0.25) is 0 Å². The number of aromatic nitrogens is 1. The van der Waals surface area contributed by atoms with Gasteiger partial charge in [-0.3, -0.25) is 4.79 Å². The van der Waals surface area contributed by atoms with Crippen molar-refractivity contribution in [2.24, 2.45) is 0 Å². The molecule has 2 atom stereocenters. The van der Waals surface area contributed by atoms with Crippen LogP contribution < -0.4 is 0 Å². The molecule has 3 rings (SSSR count). The van der Waals surface area contributed by atoms with Gasteiger partial charge in [-0.1, -0.05) is 12.1 Å². The molecule has 1 fully saturated rings. The third-order valence-electron chi connectivity index (χ3n) is 3.78. The number of rotatable bonds is 4. The molecule has 1 aromatic heterocycles. The van der Waals surface area contributed by atoms with Gasteiger partial charge in [-0.25, -0.2) is 9.78 Å². The van der Waals surface area contributed by atoms with Crippen molar-refractivity contribution >= 4 is 39.5 Å². The fourth-order valence-electron chi connectivity index (χ4n) is 2.75. The first-order valence-electron chi connectivity index (χ1n) is 8.15. The summed E-state index contributed by atoms with van der Waals surface area (Å²) in [5.41, 5.74) is 0.895. The Kier molecular flexibility index (Phi) is 5.45. The second-order valence-corrected chi connectivity index (χ2v) is 7.08. The lowest BCUT2D eigenvalue weighted by atomic mass is 10.2. The van der Waals surface area contributed by atoms with E-state index in [4.69, 9.17) is 9.47 Å². The van der Waals surface area contributed by atoms with Crippen LogP contribution in [0.1, 0.15) is 18.9 Å². The number of hydrogen-bond acceptors (Lipinski definition) is 6. The SMILES string of the molecule is C[C@@H]1CN(C(=O)COC(=O)/C=C/c2nc3ccccc3s2)C[C@H](C)O1. The number of amides is 1. The molecule has 6 nitrogen and oxygen atoms in total. The number of morpholine rings is 1. The number of hydrogen-bond donors (Lipinski definition) is 0. The number of ether oxygens (including phenoxy) is 2. The van der Waals surface area contributed by atoms with Gasteiger partial charge in [-0.15, -0.1) is 11.3 Å². The molecule has 0 bridgehead atoms. The average Bonchev–Trinajstić information content (AvgIpc) is 3.00.